The van der Waals surface area contributed by atoms with Crippen molar-refractivity contribution in [1.82, 2.24) is 10.6 Å². The van der Waals surface area contributed by atoms with E-state index in [2.05, 4.69) is 10.6 Å². The van der Waals surface area contributed by atoms with Crippen LogP contribution in [-0.2, 0) is 0 Å². The first-order chi connectivity index (χ1) is 10.1. The van der Waals surface area contributed by atoms with Crippen LogP contribution in [0.2, 0.25) is 0 Å². The standard InChI is InChI=1S/C16H24F2N2O2/c1-10(21)8-16(3,4)9-19-15(22)20-11(2)12-5-6-13(17)14(18)7-12/h5-7,10-11,21H,8-9H2,1-4H3,(H2,19,20,22). The number of carbonyl (C=O) groups is 1. The Morgan fingerprint density at radius 1 is 1.27 bits per heavy atom. The Hall–Kier alpha value is -1.69. The number of hydrogen-bond acceptors (Lipinski definition) is 2. The van der Waals surface area contributed by atoms with Crippen LogP contribution in [-0.4, -0.2) is 23.8 Å². The van der Waals surface area contributed by atoms with Gasteiger partial charge in [0.25, 0.3) is 0 Å². The van der Waals surface area contributed by atoms with Gasteiger partial charge in [0, 0.05) is 6.54 Å². The highest BCUT2D eigenvalue weighted by molar-refractivity contribution is 5.74. The van der Waals surface area contributed by atoms with E-state index in [1.54, 1.807) is 13.8 Å². The van der Waals surface area contributed by atoms with Gasteiger partial charge in [-0.05, 0) is 43.4 Å². The molecule has 4 nitrogen and oxygen atoms in total. The van der Waals surface area contributed by atoms with E-state index in [1.165, 1.54) is 6.07 Å². The molecule has 0 fully saturated rings. The Morgan fingerprint density at radius 3 is 2.45 bits per heavy atom. The summed E-state index contributed by atoms with van der Waals surface area (Å²) in [7, 11) is 0. The third-order valence-corrected chi connectivity index (χ3v) is 3.37. The summed E-state index contributed by atoms with van der Waals surface area (Å²) < 4.78 is 26.1. The Morgan fingerprint density at radius 2 is 1.91 bits per heavy atom. The fraction of sp³-hybridized carbons (Fsp3) is 0.562. The van der Waals surface area contributed by atoms with Crippen LogP contribution < -0.4 is 10.6 Å². The highest BCUT2D eigenvalue weighted by atomic mass is 19.2. The van der Waals surface area contributed by atoms with Gasteiger partial charge in [0.05, 0.1) is 12.1 Å². The second kappa shape index (κ2) is 7.54. The molecule has 0 radical (unpaired) electrons. The number of benzene rings is 1. The predicted octanol–water partition coefficient (Wildman–Crippen LogP) is 3.12. The molecule has 0 bridgehead atoms. The smallest absolute Gasteiger partial charge is 0.315 e. The zero-order valence-corrected chi connectivity index (χ0v) is 13.4. The highest BCUT2D eigenvalue weighted by Gasteiger charge is 2.21. The molecule has 0 aromatic heterocycles. The highest BCUT2D eigenvalue weighted by Crippen LogP contribution is 2.21. The van der Waals surface area contributed by atoms with Crippen molar-refractivity contribution in [2.45, 2.75) is 46.3 Å². The van der Waals surface area contributed by atoms with Gasteiger partial charge in [-0.3, -0.25) is 0 Å². The molecule has 0 spiro atoms. The van der Waals surface area contributed by atoms with Gasteiger partial charge in [-0.15, -0.1) is 0 Å². The average Bonchev–Trinajstić information content (AvgIpc) is 2.38. The van der Waals surface area contributed by atoms with Crippen LogP contribution in [0.25, 0.3) is 0 Å². The van der Waals surface area contributed by atoms with Crippen LogP contribution in [0, 0.1) is 17.0 Å². The van der Waals surface area contributed by atoms with Crippen LogP contribution in [0.5, 0.6) is 0 Å². The van der Waals surface area contributed by atoms with E-state index >= 15 is 0 Å². The molecule has 1 aromatic rings. The molecule has 22 heavy (non-hydrogen) atoms. The van der Waals surface area contributed by atoms with Crippen LogP contribution >= 0.6 is 0 Å². The van der Waals surface area contributed by atoms with Gasteiger partial charge < -0.3 is 15.7 Å². The lowest BCUT2D eigenvalue weighted by Crippen LogP contribution is -2.42. The van der Waals surface area contributed by atoms with Crippen molar-refractivity contribution in [1.29, 1.82) is 0 Å². The molecular formula is C16H24F2N2O2. The molecule has 3 N–H and O–H groups in total. The van der Waals surface area contributed by atoms with Gasteiger partial charge in [-0.25, -0.2) is 13.6 Å². The Kier molecular flexibility index (Phi) is 6.29. The third kappa shape index (κ3) is 5.97. The van der Waals surface area contributed by atoms with Crippen LogP contribution in [0.1, 0.15) is 45.7 Å². The second-order valence-electron chi connectivity index (χ2n) is 6.44. The molecule has 0 aliphatic heterocycles. The summed E-state index contributed by atoms with van der Waals surface area (Å²) in [4.78, 5) is 11.9. The van der Waals surface area contributed by atoms with Crippen LogP contribution in [0.4, 0.5) is 13.6 Å². The molecular weight excluding hydrogens is 290 g/mol. The van der Waals surface area contributed by atoms with Gasteiger partial charge in [0.2, 0.25) is 0 Å². The lowest BCUT2D eigenvalue weighted by molar-refractivity contribution is 0.128. The molecule has 1 aromatic carbocycles. The van der Waals surface area contributed by atoms with E-state index in [9.17, 15) is 18.7 Å². The summed E-state index contributed by atoms with van der Waals surface area (Å²) in [5, 5.41) is 14.8. The molecule has 0 aliphatic rings. The normalized spacial score (nSPS) is 14.3. The lowest BCUT2D eigenvalue weighted by atomic mass is 9.87. The van der Waals surface area contributed by atoms with E-state index in [0.29, 0.717) is 18.5 Å². The van der Waals surface area contributed by atoms with Crippen molar-refractivity contribution in [2.24, 2.45) is 5.41 Å². The molecule has 2 unspecified atom stereocenters. The predicted molar refractivity (Wildman–Crippen MR) is 81.4 cm³/mol. The van der Waals surface area contributed by atoms with Crippen molar-refractivity contribution < 1.29 is 18.7 Å². The van der Waals surface area contributed by atoms with Crippen molar-refractivity contribution in [3.63, 3.8) is 0 Å². The number of nitrogens with one attached hydrogen (secondary N) is 2. The largest absolute Gasteiger partial charge is 0.393 e. The number of hydrogen-bond donors (Lipinski definition) is 3. The number of rotatable bonds is 6. The van der Waals surface area contributed by atoms with Gasteiger partial charge in [-0.2, -0.15) is 0 Å². The van der Waals surface area contributed by atoms with Gasteiger partial charge in [0.1, 0.15) is 0 Å². The molecule has 2 amide bonds. The Balaban J connectivity index is 2.52. The van der Waals surface area contributed by atoms with Crippen molar-refractivity contribution in [3.8, 4) is 0 Å². The van der Waals surface area contributed by atoms with E-state index < -0.39 is 29.8 Å². The Labute approximate surface area is 129 Å². The summed E-state index contributed by atoms with van der Waals surface area (Å²) >= 11 is 0. The van der Waals surface area contributed by atoms with E-state index in [1.807, 2.05) is 13.8 Å². The number of halogens is 2. The van der Waals surface area contributed by atoms with E-state index in [-0.39, 0.29) is 5.41 Å². The fourth-order valence-corrected chi connectivity index (χ4v) is 2.30. The maximum absolute atomic E-state index is 13.2. The first-order valence-electron chi connectivity index (χ1n) is 7.28. The molecule has 0 aliphatic carbocycles. The monoisotopic (exact) mass is 314 g/mol. The molecule has 0 saturated carbocycles. The summed E-state index contributed by atoms with van der Waals surface area (Å²) in [5.74, 6) is -1.86. The van der Waals surface area contributed by atoms with E-state index in [0.717, 1.165) is 12.1 Å². The van der Waals surface area contributed by atoms with Crippen LogP contribution in [0.15, 0.2) is 18.2 Å². The number of aliphatic hydroxyl groups is 1. The first kappa shape index (κ1) is 18.4. The minimum atomic E-state index is -0.940. The molecule has 2 atom stereocenters. The SMILES string of the molecule is CC(O)CC(C)(C)CNC(=O)NC(C)c1ccc(F)c(F)c1. The van der Waals surface area contributed by atoms with Gasteiger partial charge >= 0.3 is 6.03 Å². The minimum Gasteiger partial charge on any atom is -0.393 e. The fourth-order valence-electron chi connectivity index (χ4n) is 2.30. The maximum atomic E-state index is 13.2. The van der Waals surface area contributed by atoms with Crippen LogP contribution in [0.3, 0.4) is 0 Å². The Bertz CT molecular complexity index is 519. The zero-order chi connectivity index (χ0) is 16.9. The topological polar surface area (TPSA) is 61.4 Å². The number of aliphatic hydroxyl groups excluding tert-OH is 1. The van der Waals surface area contributed by atoms with Crippen molar-refractivity contribution in [2.75, 3.05) is 6.54 Å². The first-order valence-corrected chi connectivity index (χ1v) is 7.28. The third-order valence-electron chi connectivity index (χ3n) is 3.37. The number of urea groups is 1. The van der Waals surface area contributed by atoms with Gasteiger partial charge in [-0.1, -0.05) is 19.9 Å². The number of amides is 2. The second-order valence-corrected chi connectivity index (χ2v) is 6.44. The van der Waals surface area contributed by atoms with Gasteiger partial charge in [0.15, 0.2) is 11.6 Å². The zero-order valence-electron chi connectivity index (χ0n) is 13.4. The quantitative estimate of drug-likeness (QED) is 0.755. The van der Waals surface area contributed by atoms with Crippen molar-refractivity contribution >= 4 is 6.03 Å². The molecule has 1 rings (SSSR count). The summed E-state index contributed by atoms with van der Waals surface area (Å²) in [6.07, 6.45) is 0.118. The average molecular weight is 314 g/mol. The molecule has 0 heterocycles. The van der Waals surface area contributed by atoms with Crippen molar-refractivity contribution in [3.05, 3.63) is 35.4 Å². The summed E-state index contributed by atoms with van der Waals surface area (Å²) in [6, 6.07) is 2.69. The maximum Gasteiger partial charge on any atom is 0.315 e. The summed E-state index contributed by atoms with van der Waals surface area (Å²) in [6.45, 7) is 7.67. The molecule has 124 valence electrons. The number of carbonyl (C=O) groups excluding carboxylic acids is 1. The summed E-state index contributed by atoms with van der Waals surface area (Å²) in [5.41, 5.74) is 0.244. The minimum absolute atomic E-state index is 0.239. The lowest BCUT2D eigenvalue weighted by Gasteiger charge is -2.27. The molecule has 0 saturated heterocycles. The molecule has 6 heteroatoms. The van der Waals surface area contributed by atoms with E-state index in [4.69, 9.17) is 0 Å².